The normalized spacial score (nSPS) is 16.5. The van der Waals surface area contributed by atoms with Crippen LogP contribution in [0.3, 0.4) is 0 Å². The summed E-state index contributed by atoms with van der Waals surface area (Å²) in [6.07, 6.45) is -2.37. The summed E-state index contributed by atoms with van der Waals surface area (Å²) in [6, 6.07) is 3.72. The first-order chi connectivity index (χ1) is 8.46. The van der Waals surface area contributed by atoms with Gasteiger partial charge in [-0.05, 0) is 11.6 Å². The van der Waals surface area contributed by atoms with Crippen LogP contribution in [0.5, 0.6) is 0 Å². The van der Waals surface area contributed by atoms with Gasteiger partial charge in [0.25, 0.3) is 0 Å². The minimum atomic E-state index is -4.26. The molecule has 2 rings (SSSR count). The zero-order chi connectivity index (χ0) is 13.2. The molecule has 0 N–H and O–H groups in total. The number of pyridine rings is 1. The van der Waals surface area contributed by atoms with Crippen molar-refractivity contribution in [2.45, 2.75) is 24.9 Å². The van der Waals surface area contributed by atoms with E-state index in [2.05, 4.69) is 4.98 Å². The van der Waals surface area contributed by atoms with Crippen LogP contribution in [0.4, 0.5) is 13.2 Å². The van der Waals surface area contributed by atoms with Gasteiger partial charge in [0.1, 0.15) is 0 Å². The highest BCUT2D eigenvalue weighted by Crippen LogP contribution is 2.28. The molecule has 0 radical (unpaired) electrons. The molecule has 1 saturated heterocycles. The summed E-state index contributed by atoms with van der Waals surface area (Å²) in [5, 5.41) is 0. The monoisotopic (exact) mass is 258 g/mol. The molecule has 98 valence electrons. The molecule has 1 amide bonds. The summed E-state index contributed by atoms with van der Waals surface area (Å²) in [4.78, 5) is 16.9. The SMILES string of the molecule is O=C(CCC(F)(F)F)N1CC(c2cccnc2)C1. The van der Waals surface area contributed by atoms with Gasteiger partial charge in [0.05, 0.1) is 6.42 Å². The van der Waals surface area contributed by atoms with Crippen molar-refractivity contribution in [1.82, 2.24) is 9.88 Å². The highest BCUT2D eigenvalue weighted by molar-refractivity contribution is 5.77. The molecule has 0 atom stereocenters. The Hall–Kier alpha value is -1.59. The van der Waals surface area contributed by atoms with E-state index in [4.69, 9.17) is 0 Å². The van der Waals surface area contributed by atoms with Gasteiger partial charge >= 0.3 is 6.18 Å². The fourth-order valence-electron chi connectivity index (χ4n) is 1.92. The summed E-state index contributed by atoms with van der Waals surface area (Å²) in [5.74, 6) is -0.221. The molecular formula is C12H13F3N2O. The Labute approximate surface area is 103 Å². The number of rotatable bonds is 3. The van der Waals surface area contributed by atoms with Crippen molar-refractivity contribution < 1.29 is 18.0 Å². The second kappa shape index (κ2) is 4.96. The third-order valence-corrected chi connectivity index (χ3v) is 3.01. The molecule has 1 aromatic heterocycles. The van der Waals surface area contributed by atoms with Crippen LogP contribution in [-0.4, -0.2) is 35.1 Å². The minimum absolute atomic E-state index is 0.202. The maximum absolute atomic E-state index is 12.0. The third kappa shape index (κ3) is 3.21. The van der Waals surface area contributed by atoms with E-state index in [0.29, 0.717) is 13.1 Å². The number of alkyl halides is 3. The second-order valence-electron chi connectivity index (χ2n) is 4.40. The molecule has 1 fully saturated rings. The summed E-state index contributed by atoms with van der Waals surface area (Å²) < 4.78 is 35.9. The molecule has 0 bridgehead atoms. The Kier molecular flexibility index (Phi) is 3.54. The molecule has 3 nitrogen and oxygen atoms in total. The van der Waals surface area contributed by atoms with Gasteiger partial charge in [-0.25, -0.2) is 0 Å². The van der Waals surface area contributed by atoms with E-state index in [-0.39, 0.29) is 5.92 Å². The van der Waals surface area contributed by atoms with Gasteiger partial charge in [0.15, 0.2) is 0 Å². The Morgan fingerprint density at radius 3 is 2.72 bits per heavy atom. The lowest BCUT2D eigenvalue weighted by Gasteiger charge is -2.39. The molecule has 0 aliphatic carbocycles. The zero-order valence-electron chi connectivity index (χ0n) is 9.65. The van der Waals surface area contributed by atoms with E-state index in [1.807, 2.05) is 12.1 Å². The Morgan fingerprint density at radius 1 is 1.44 bits per heavy atom. The van der Waals surface area contributed by atoms with E-state index in [0.717, 1.165) is 5.56 Å². The predicted molar refractivity (Wildman–Crippen MR) is 58.8 cm³/mol. The molecule has 1 aliphatic rings. The lowest BCUT2D eigenvalue weighted by atomic mass is 9.92. The van der Waals surface area contributed by atoms with Gasteiger partial charge < -0.3 is 4.90 Å². The number of carbonyl (C=O) groups is 1. The van der Waals surface area contributed by atoms with E-state index >= 15 is 0 Å². The predicted octanol–water partition coefficient (Wildman–Crippen LogP) is 2.35. The van der Waals surface area contributed by atoms with E-state index in [1.165, 1.54) is 4.90 Å². The van der Waals surface area contributed by atoms with Crippen molar-refractivity contribution in [2.24, 2.45) is 0 Å². The molecule has 2 heterocycles. The number of hydrogen-bond acceptors (Lipinski definition) is 2. The highest BCUT2D eigenvalue weighted by Gasteiger charge is 2.34. The molecule has 0 saturated carbocycles. The van der Waals surface area contributed by atoms with Crippen LogP contribution in [0, 0.1) is 0 Å². The Balaban J connectivity index is 1.77. The molecule has 18 heavy (non-hydrogen) atoms. The van der Waals surface area contributed by atoms with Gasteiger partial charge in [-0.3, -0.25) is 9.78 Å². The van der Waals surface area contributed by atoms with Gasteiger partial charge in [-0.2, -0.15) is 13.2 Å². The molecule has 0 spiro atoms. The summed E-state index contributed by atoms with van der Waals surface area (Å²) >= 11 is 0. The van der Waals surface area contributed by atoms with Crippen LogP contribution in [0.1, 0.15) is 24.3 Å². The number of amides is 1. The third-order valence-electron chi connectivity index (χ3n) is 3.01. The van der Waals surface area contributed by atoms with Crippen LogP contribution in [0.15, 0.2) is 24.5 Å². The van der Waals surface area contributed by atoms with Crippen LogP contribution in [0.25, 0.3) is 0 Å². The van der Waals surface area contributed by atoms with Crippen molar-refractivity contribution in [3.8, 4) is 0 Å². The number of hydrogen-bond donors (Lipinski definition) is 0. The van der Waals surface area contributed by atoms with Gasteiger partial charge in [-0.15, -0.1) is 0 Å². The molecule has 0 unspecified atom stereocenters. The molecule has 1 aliphatic heterocycles. The van der Waals surface area contributed by atoms with Crippen LogP contribution in [0.2, 0.25) is 0 Å². The average Bonchev–Trinajstić information content (AvgIpc) is 2.25. The number of likely N-dealkylation sites (tertiary alicyclic amines) is 1. The smallest absolute Gasteiger partial charge is 0.341 e. The minimum Gasteiger partial charge on any atom is -0.341 e. The van der Waals surface area contributed by atoms with E-state index < -0.39 is 24.9 Å². The first-order valence-electron chi connectivity index (χ1n) is 5.70. The van der Waals surface area contributed by atoms with Gasteiger partial charge in [-0.1, -0.05) is 6.07 Å². The van der Waals surface area contributed by atoms with Crippen LogP contribution < -0.4 is 0 Å². The van der Waals surface area contributed by atoms with Crippen molar-refractivity contribution in [3.05, 3.63) is 30.1 Å². The quantitative estimate of drug-likeness (QED) is 0.833. The first-order valence-corrected chi connectivity index (χ1v) is 5.70. The molecule has 6 heteroatoms. The Bertz CT molecular complexity index is 413. The fraction of sp³-hybridized carbons (Fsp3) is 0.500. The van der Waals surface area contributed by atoms with Crippen molar-refractivity contribution >= 4 is 5.91 Å². The van der Waals surface area contributed by atoms with Gasteiger partial charge in [0.2, 0.25) is 5.91 Å². The summed E-state index contributed by atoms with van der Waals surface area (Å²) in [7, 11) is 0. The molecular weight excluding hydrogens is 245 g/mol. The lowest BCUT2D eigenvalue weighted by Crippen LogP contribution is -2.48. The highest BCUT2D eigenvalue weighted by atomic mass is 19.4. The zero-order valence-corrected chi connectivity index (χ0v) is 9.65. The van der Waals surface area contributed by atoms with E-state index in [1.54, 1.807) is 12.4 Å². The topological polar surface area (TPSA) is 33.2 Å². The number of aromatic nitrogens is 1. The van der Waals surface area contributed by atoms with Crippen molar-refractivity contribution in [2.75, 3.05) is 13.1 Å². The number of halogens is 3. The largest absolute Gasteiger partial charge is 0.389 e. The van der Waals surface area contributed by atoms with Crippen LogP contribution in [-0.2, 0) is 4.79 Å². The second-order valence-corrected chi connectivity index (χ2v) is 4.40. The maximum atomic E-state index is 12.0. The number of carbonyl (C=O) groups excluding carboxylic acids is 1. The summed E-state index contributed by atoms with van der Waals surface area (Å²) in [5.41, 5.74) is 1.03. The lowest BCUT2D eigenvalue weighted by molar-refractivity contribution is -0.151. The van der Waals surface area contributed by atoms with Crippen molar-refractivity contribution in [1.29, 1.82) is 0 Å². The maximum Gasteiger partial charge on any atom is 0.389 e. The van der Waals surface area contributed by atoms with E-state index in [9.17, 15) is 18.0 Å². The first kappa shape index (κ1) is 12.9. The summed E-state index contributed by atoms with van der Waals surface area (Å²) in [6.45, 7) is 0.977. The molecule has 1 aromatic rings. The average molecular weight is 258 g/mol. The van der Waals surface area contributed by atoms with Gasteiger partial charge in [0, 0.05) is 37.8 Å². The number of nitrogens with zero attached hydrogens (tertiary/aromatic N) is 2. The Morgan fingerprint density at radius 2 is 2.17 bits per heavy atom. The van der Waals surface area contributed by atoms with Crippen LogP contribution >= 0.6 is 0 Å². The molecule has 0 aromatic carbocycles. The van der Waals surface area contributed by atoms with Crippen molar-refractivity contribution in [3.63, 3.8) is 0 Å². The standard InChI is InChI=1S/C12H13F3N2O/c13-12(14,15)4-3-11(18)17-7-10(8-17)9-2-1-5-16-6-9/h1-2,5-6,10H,3-4,7-8H2. The fourth-order valence-corrected chi connectivity index (χ4v) is 1.92.